The molecule has 0 spiro atoms. The summed E-state index contributed by atoms with van der Waals surface area (Å²) in [6.07, 6.45) is 2.26. The van der Waals surface area contributed by atoms with Gasteiger partial charge in [0.1, 0.15) is 5.69 Å². The normalized spacial score (nSPS) is 20.0. The molecule has 0 saturated carbocycles. The van der Waals surface area contributed by atoms with Gasteiger partial charge in [0.25, 0.3) is 0 Å². The van der Waals surface area contributed by atoms with E-state index < -0.39 is 0 Å². The zero-order chi connectivity index (χ0) is 13.2. The Morgan fingerprint density at radius 2 is 2.26 bits per heavy atom. The summed E-state index contributed by atoms with van der Waals surface area (Å²) in [5.74, 6) is 1.21. The van der Waals surface area contributed by atoms with Crippen LogP contribution in [0.1, 0.15) is 37.4 Å². The molecular formula is C13H17N5O. The molecule has 0 unspecified atom stereocenters. The van der Waals surface area contributed by atoms with Gasteiger partial charge in [-0.2, -0.15) is 10.1 Å². The Morgan fingerprint density at radius 3 is 3.00 bits per heavy atom. The highest BCUT2D eigenvalue weighted by molar-refractivity contribution is 5.46. The van der Waals surface area contributed by atoms with Crippen molar-refractivity contribution < 1.29 is 4.52 Å². The standard InChI is InChI=1S/C13H17N5O/c1-3-18-8-4-5-11(18)13-14-12(17-19-13)10-7-6-9(2)15-16-10/h6-7,11H,3-5,8H2,1-2H3/t11-/m0/s1. The number of hydrogen-bond acceptors (Lipinski definition) is 6. The number of likely N-dealkylation sites (tertiary alicyclic amines) is 1. The molecule has 0 aliphatic carbocycles. The van der Waals surface area contributed by atoms with Gasteiger partial charge in [0, 0.05) is 0 Å². The van der Waals surface area contributed by atoms with Crippen LogP contribution in [0.5, 0.6) is 0 Å². The smallest absolute Gasteiger partial charge is 0.244 e. The number of aromatic nitrogens is 4. The molecule has 3 rings (SSSR count). The van der Waals surface area contributed by atoms with Gasteiger partial charge in [0.2, 0.25) is 11.7 Å². The quantitative estimate of drug-likeness (QED) is 0.839. The van der Waals surface area contributed by atoms with Gasteiger partial charge in [-0.15, -0.1) is 5.10 Å². The van der Waals surface area contributed by atoms with E-state index in [1.807, 2.05) is 19.1 Å². The lowest BCUT2D eigenvalue weighted by Gasteiger charge is -2.18. The van der Waals surface area contributed by atoms with Gasteiger partial charge >= 0.3 is 0 Å². The fourth-order valence-corrected chi connectivity index (χ4v) is 2.48. The molecule has 0 N–H and O–H groups in total. The van der Waals surface area contributed by atoms with Crippen molar-refractivity contribution in [2.45, 2.75) is 32.7 Å². The molecule has 1 aliphatic rings. The molecule has 6 nitrogen and oxygen atoms in total. The molecule has 6 heteroatoms. The van der Waals surface area contributed by atoms with Crippen molar-refractivity contribution in [2.75, 3.05) is 13.1 Å². The van der Waals surface area contributed by atoms with Crippen LogP contribution in [0.25, 0.3) is 11.5 Å². The van der Waals surface area contributed by atoms with Crippen LogP contribution in [-0.4, -0.2) is 38.3 Å². The lowest BCUT2D eigenvalue weighted by molar-refractivity contribution is 0.217. The average molecular weight is 259 g/mol. The van der Waals surface area contributed by atoms with E-state index in [0.29, 0.717) is 17.4 Å². The first-order valence-electron chi connectivity index (χ1n) is 6.66. The van der Waals surface area contributed by atoms with Crippen LogP contribution in [0.4, 0.5) is 0 Å². The van der Waals surface area contributed by atoms with Gasteiger partial charge in [-0.3, -0.25) is 4.90 Å². The van der Waals surface area contributed by atoms with E-state index in [2.05, 4.69) is 32.2 Å². The molecule has 0 radical (unpaired) electrons. The predicted molar refractivity (Wildman–Crippen MR) is 69.3 cm³/mol. The summed E-state index contributed by atoms with van der Waals surface area (Å²) in [7, 11) is 0. The van der Waals surface area contributed by atoms with E-state index in [9.17, 15) is 0 Å². The Hall–Kier alpha value is -1.82. The van der Waals surface area contributed by atoms with Crippen molar-refractivity contribution in [3.05, 3.63) is 23.7 Å². The van der Waals surface area contributed by atoms with Crippen LogP contribution in [0.15, 0.2) is 16.7 Å². The van der Waals surface area contributed by atoms with Crippen LogP contribution in [0.3, 0.4) is 0 Å². The van der Waals surface area contributed by atoms with Crippen molar-refractivity contribution in [3.8, 4) is 11.5 Å². The predicted octanol–water partition coefficient (Wildman–Crippen LogP) is 1.99. The first kappa shape index (κ1) is 12.2. The summed E-state index contributed by atoms with van der Waals surface area (Å²) < 4.78 is 5.39. The molecule has 1 fully saturated rings. The molecule has 2 aromatic rings. The summed E-state index contributed by atoms with van der Waals surface area (Å²) in [5.41, 5.74) is 1.53. The Kier molecular flexibility index (Phi) is 3.25. The average Bonchev–Trinajstić information content (AvgIpc) is 3.07. The molecule has 1 aliphatic heterocycles. The summed E-state index contributed by atoms with van der Waals surface area (Å²) >= 11 is 0. The molecule has 100 valence electrons. The largest absolute Gasteiger partial charge is 0.337 e. The van der Waals surface area contributed by atoms with Crippen LogP contribution in [-0.2, 0) is 0 Å². The maximum atomic E-state index is 5.39. The van der Waals surface area contributed by atoms with E-state index in [0.717, 1.165) is 25.2 Å². The Bertz CT molecular complexity index is 550. The Labute approximate surface area is 111 Å². The lowest BCUT2D eigenvalue weighted by atomic mass is 10.2. The molecule has 1 saturated heterocycles. The molecule has 2 aromatic heterocycles. The highest BCUT2D eigenvalue weighted by Gasteiger charge is 2.29. The second kappa shape index (κ2) is 5.05. The number of rotatable bonds is 3. The number of aryl methyl sites for hydroxylation is 1. The monoisotopic (exact) mass is 259 g/mol. The fraction of sp³-hybridized carbons (Fsp3) is 0.538. The molecule has 0 bridgehead atoms. The van der Waals surface area contributed by atoms with Crippen molar-refractivity contribution in [1.29, 1.82) is 0 Å². The van der Waals surface area contributed by atoms with Crippen molar-refractivity contribution >= 4 is 0 Å². The van der Waals surface area contributed by atoms with Crippen molar-refractivity contribution in [3.63, 3.8) is 0 Å². The highest BCUT2D eigenvalue weighted by Crippen LogP contribution is 2.31. The summed E-state index contributed by atoms with van der Waals surface area (Å²) in [6, 6.07) is 4.01. The lowest BCUT2D eigenvalue weighted by Crippen LogP contribution is -2.22. The highest BCUT2D eigenvalue weighted by atomic mass is 16.5. The Balaban J connectivity index is 1.85. The minimum atomic E-state index is 0.254. The van der Waals surface area contributed by atoms with E-state index in [1.165, 1.54) is 6.42 Å². The van der Waals surface area contributed by atoms with Crippen molar-refractivity contribution in [2.24, 2.45) is 0 Å². The molecular weight excluding hydrogens is 242 g/mol. The zero-order valence-corrected chi connectivity index (χ0v) is 11.2. The Morgan fingerprint density at radius 1 is 1.37 bits per heavy atom. The van der Waals surface area contributed by atoms with E-state index in [1.54, 1.807) is 0 Å². The maximum Gasteiger partial charge on any atom is 0.244 e. The van der Waals surface area contributed by atoms with E-state index in [4.69, 9.17) is 4.52 Å². The molecule has 3 heterocycles. The topological polar surface area (TPSA) is 67.9 Å². The van der Waals surface area contributed by atoms with Gasteiger partial charge in [-0.1, -0.05) is 12.1 Å². The number of nitrogens with zero attached hydrogens (tertiary/aromatic N) is 5. The summed E-state index contributed by atoms with van der Waals surface area (Å²) in [6.45, 7) is 6.16. The van der Waals surface area contributed by atoms with Crippen LogP contribution >= 0.6 is 0 Å². The summed E-state index contributed by atoms with van der Waals surface area (Å²) in [5, 5.41) is 12.1. The van der Waals surface area contributed by atoms with Gasteiger partial charge in [-0.05, 0) is 45.0 Å². The van der Waals surface area contributed by atoms with Gasteiger partial charge in [-0.25, -0.2) is 0 Å². The molecule has 19 heavy (non-hydrogen) atoms. The van der Waals surface area contributed by atoms with Gasteiger partial charge < -0.3 is 4.52 Å². The minimum Gasteiger partial charge on any atom is -0.337 e. The minimum absolute atomic E-state index is 0.254. The van der Waals surface area contributed by atoms with Crippen molar-refractivity contribution in [1.82, 2.24) is 25.2 Å². The fourth-order valence-electron chi connectivity index (χ4n) is 2.48. The maximum absolute atomic E-state index is 5.39. The second-order valence-electron chi connectivity index (χ2n) is 4.80. The second-order valence-corrected chi connectivity index (χ2v) is 4.80. The molecule has 0 amide bonds. The van der Waals surface area contributed by atoms with Crippen LogP contribution in [0.2, 0.25) is 0 Å². The third kappa shape index (κ3) is 2.35. The third-order valence-corrected chi connectivity index (χ3v) is 3.52. The zero-order valence-electron chi connectivity index (χ0n) is 11.2. The number of hydrogen-bond donors (Lipinski definition) is 0. The first-order chi connectivity index (χ1) is 9.28. The molecule has 0 aromatic carbocycles. The van der Waals surface area contributed by atoms with Crippen LogP contribution in [0, 0.1) is 6.92 Å². The first-order valence-corrected chi connectivity index (χ1v) is 6.66. The van der Waals surface area contributed by atoms with E-state index in [-0.39, 0.29) is 6.04 Å². The van der Waals surface area contributed by atoms with Gasteiger partial charge in [0.15, 0.2) is 0 Å². The summed E-state index contributed by atoms with van der Waals surface area (Å²) in [4.78, 5) is 6.83. The third-order valence-electron chi connectivity index (χ3n) is 3.52. The van der Waals surface area contributed by atoms with Crippen LogP contribution < -0.4 is 0 Å². The SMILES string of the molecule is CCN1CCC[C@H]1c1nc(-c2ccc(C)nn2)no1. The van der Waals surface area contributed by atoms with Gasteiger partial charge in [0.05, 0.1) is 11.7 Å². The molecule has 1 atom stereocenters. The van der Waals surface area contributed by atoms with E-state index >= 15 is 0 Å².